The Morgan fingerprint density at radius 2 is 1.78 bits per heavy atom. The number of carbonyl (C=O) groups excluding carboxylic acids is 1. The Morgan fingerprint density at radius 1 is 1.14 bits per heavy atom. The number of rotatable bonds is 7. The zero-order valence-corrected chi connectivity index (χ0v) is 20.6. The second-order valence-corrected chi connectivity index (χ2v) is 10.3. The molecule has 36 heavy (non-hydrogen) atoms. The van der Waals surface area contributed by atoms with Crippen molar-refractivity contribution in [1.29, 1.82) is 0 Å². The number of amides is 1. The fourth-order valence-corrected chi connectivity index (χ4v) is 3.60. The van der Waals surface area contributed by atoms with Crippen molar-refractivity contribution in [2.75, 3.05) is 0 Å². The van der Waals surface area contributed by atoms with Crippen molar-refractivity contribution in [3.63, 3.8) is 0 Å². The first-order valence-electron chi connectivity index (χ1n) is 10.4. The Bertz CT molecular complexity index is 1360. The molecule has 3 aromatic rings. The molecule has 0 bridgehead atoms. The summed E-state index contributed by atoms with van der Waals surface area (Å²) in [6.07, 6.45) is -3.72. The molecular formula is C22H24F3N5O5S. The van der Waals surface area contributed by atoms with Gasteiger partial charge in [-0.15, -0.1) is 13.2 Å². The van der Waals surface area contributed by atoms with Crippen molar-refractivity contribution < 1.29 is 35.9 Å². The van der Waals surface area contributed by atoms with Crippen LogP contribution in [0, 0.1) is 6.92 Å². The molecule has 3 N–H and O–H groups in total. The third-order valence-electron chi connectivity index (χ3n) is 4.78. The minimum Gasteiger partial charge on any atom is -0.417 e. The topological polar surface area (TPSA) is 138 Å². The molecule has 194 valence electrons. The number of carbonyl (C=O) groups is 1. The molecule has 0 saturated carbocycles. The van der Waals surface area contributed by atoms with Crippen LogP contribution in [0.2, 0.25) is 0 Å². The molecule has 0 spiro atoms. The molecule has 0 aliphatic heterocycles. The summed E-state index contributed by atoms with van der Waals surface area (Å²) in [5.41, 5.74) is 0.121. The highest BCUT2D eigenvalue weighted by Gasteiger charge is 2.34. The van der Waals surface area contributed by atoms with Crippen molar-refractivity contribution in [2.45, 2.75) is 51.0 Å². The van der Waals surface area contributed by atoms with Crippen molar-refractivity contribution in [3.8, 4) is 17.5 Å². The maximum atomic E-state index is 12.9. The van der Waals surface area contributed by atoms with Gasteiger partial charge in [0, 0.05) is 18.3 Å². The molecule has 10 nitrogen and oxygen atoms in total. The van der Waals surface area contributed by atoms with E-state index < -0.39 is 39.5 Å². The number of aromatic nitrogens is 3. The Balaban J connectivity index is 1.88. The molecule has 14 heteroatoms. The van der Waals surface area contributed by atoms with Crippen molar-refractivity contribution in [2.24, 2.45) is 5.14 Å². The number of primary sulfonamides is 1. The summed E-state index contributed by atoms with van der Waals surface area (Å²) >= 11 is 0. The average molecular weight is 528 g/mol. The van der Waals surface area contributed by atoms with Crippen LogP contribution < -0.4 is 19.9 Å². The monoisotopic (exact) mass is 527 g/mol. The Morgan fingerprint density at radius 3 is 2.33 bits per heavy atom. The van der Waals surface area contributed by atoms with Gasteiger partial charge in [0.2, 0.25) is 15.9 Å². The van der Waals surface area contributed by atoms with Gasteiger partial charge in [0.1, 0.15) is 0 Å². The average Bonchev–Trinajstić information content (AvgIpc) is 3.09. The van der Waals surface area contributed by atoms with Gasteiger partial charge in [-0.2, -0.15) is 5.10 Å². The maximum Gasteiger partial charge on any atom is 0.573 e. The van der Waals surface area contributed by atoms with Crippen molar-refractivity contribution in [1.82, 2.24) is 20.1 Å². The molecular weight excluding hydrogens is 503 g/mol. The summed E-state index contributed by atoms with van der Waals surface area (Å²) in [7, 11) is -3.85. The van der Waals surface area contributed by atoms with Crippen LogP contribution >= 0.6 is 0 Å². The highest BCUT2D eigenvalue weighted by atomic mass is 32.2. The summed E-state index contributed by atoms with van der Waals surface area (Å²) in [6, 6.07) is 7.94. The van der Waals surface area contributed by atoms with Crippen LogP contribution in [0.5, 0.6) is 17.5 Å². The van der Waals surface area contributed by atoms with Gasteiger partial charge in [-0.3, -0.25) is 4.79 Å². The highest BCUT2D eigenvalue weighted by molar-refractivity contribution is 7.89. The lowest BCUT2D eigenvalue weighted by Crippen LogP contribution is -2.26. The summed E-state index contributed by atoms with van der Waals surface area (Å²) < 4.78 is 72.3. The first kappa shape index (κ1) is 26.9. The van der Waals surface area contributed by atoms with E-state index in [1.807, 2.05) is 0 Å². The third kappa shape index (κ3) is 6.51. The van der Waals surface area contributed by atoms with Crippen LogP contribution in [0.4, 0.5) is 13.2 Å². The fourth-order valence-electron chi connectivity index (χ4n) is 3.08. The molecule has 0 radical (unpaired) electrons. The van der Waals surface area contributed by atoms with Gasteiger partial charge >= 0.3 is 6.36 Å². The van der Waals surface area contributed by atoms with E-state index in [0.29, 0.717) is 5.56 Å². The lowest BCUT2D eigenvalue weighted by molar-refractivity contribution is -0.275. The number of sulfonamides is 1. The Hall–Kier alpha value is -3.65. The van der Waals surface area contributed by atoms with Crippen LogP contribution in [0.1, 0.15) is 42.4 Å². The van der Waals surface area contributed by atoms with Gasteiger partial charge in [0.05, 0.1) is 10.4 Å². The summed E-state index contributed by atoms with van der Waals surface area (Å²) in [5.74, 6) is -1.68. The number of alkyl halides is 3. The molecule has 0 atom stereocenters. The van der Waals surface area contributed by atoms with Crippen LogP contribution in [0.25, 0.3) is 0 Å². The standard InChI is InChI=1S/C22H24F3N5O5S/c1-13-17(18(31)28-12-14-7-9-15(10-8-14)36(26,32)33)29-30(21(2,3)4)20(13)34-19-16(6-5-11-27-19)35-22(23,24)25/h5-11H,12H2,1-4H3,(H,28,31)(H2,26,32,33). The van der Waals surface area contributed by atoms with Crippen LogP contribution in [0.15, 0.2) is 47.5 Å². The van der Waals surface area contributed by atoms with E-state index in [4.69, 9.17) is 9.88 Å². The van der Waals surface area contributed by atoms with Gasteiger partial charge in [-0.05, 0) is 57.5 Å². The molecule has 2 heterocycles. The predicted molar refractivity (Wildman–Crippen MR) is 122 cm³/mol. The first-order valence-corrected chi connectivity index (χ1v) is 12.0. The molecule has 2 aromatic heterocycles. The van der Waals surface area contributed by atoms with Crippen LogP contribution in [-0.4, -0.2) is 35.5 Å². The number of hydrogen-bond acceptors (Lipinski definition) is 7. The lowest BCUT2D eigenvalue weighted by atomic mass is 10.1. The first-order chi connectivity index (χ1) is 16.6. The minimum absolute atomic E-state index is 0.0101. The van der Waals surface area contributed by atoms with Gasteiger partial charge in [-0.25, -0.2) is 23.2 Å². The number of ether oxygens (including phenoxy) is 2. The maximum absolute atomic E-state index is 12.9. The zero-order valence-electron chi connectivity index (χ0n) is 19.8. The fraction of sp³-hybridized carbons (Fsp3) is 0.318. The summed E-state index contributed by atoms with van der Waals surface area (Å²) in [4.78, 5) is 16.7. The molecule has 0 aliphatic rings. The molecule has 3 rings (SSSR count). The van der Waals surface area contributed by atoms with E-state index in [1.165, 1.54) is 48.1 Å². The van der Waals surface area contributed by atoms with E-state index in [1.54, 1.807) is 20.8 Å². The highest BCUT2D eigenvalue weighted by Crippen LogP contribution is 2.36. The number of nitrogens with zero attached hydrogens (tertiary/aromatic N) is 3. The largest absolute Gasteiger partial charge is 0.573 e. The van der Waals surface area contributed by atoms with E-state index in [9.17, 15) is 26.4 Å². The smallest absolute Gasteiger partial charge is 0.417 e. The van der Waals surface area contributed by atoms with Crippen LogP contribution in [-0.2, 0) is 22.1 Å². The van der Waals surface area contributed by atoms with Gasteiger partial charge < -0.3 is 14.8 Å². The second kappa shape index (κ2) is 9.78. The van der Waals surface area contributed by atoms with Gasteiger partial charge in [0.15, 0.2) is 11.4 Å². The lowest BCUT2D eigenvalue weighted by Gasteiger charge is -2.22. The quantitative estimate of drug-likeness (QED) is 0.479. The predicted octanol–water partition coefficient (Wildman–Crippen LogP) is 3.61. The number of pyridine rings is 1. The SMILES string of the molecule is Cc1c(C(=O)NCc2ccc(S(N)(=O)=O)cc2)nn(C(C)(C)C)c1Oc1ncccc1OC(F)(F)F. The van der Waals surface area contributed by atoms with E-state index >= 15 is 0 Å². The second-order valence-electron chi connectivity index (χ2n) is 8.69. The molecule has 1 amide bonds. The zero-order chi connectivity index (χ0) is 26.9. The van der Waals surface area contributed by atoms with Crippen LogP contribution in [0.3, 0.4) is 0 Å². The summed E-state index contributed by atoms with van der Waals surface area (Å²) in [6.45, 7) is 6.89. The van der Waals surface area contributed by atoms with E-state index in [2.05, 4.69) is 20.1 Å². The molecule has 0 aliphatic carbocycles. The number of benzene rings is 1. The normalized spacial score (nSPS) is 12.3. The number of nitrogens with one attached hydrogen (secondary N) is 1. The third-order valence-corrected chi connectivity index (χ3v) is 5.71. The van der Waals surface area contributed by atoms with Gasteiger partial charge in [-0.1, -0.05) is 12.1 Å². The Kier molecular flexibility index (Phi) is 7.32. The minimum atomic E-state index is -4.96. The number of halogens is 3. The molecule has 0 unspecified atom stereocenters. The van der Waals surface area contributed by atoms with E-state index in [0.717, 1.165) is 6.07 Å². The van der Waals surface area contributed by atoms with Crippen molar-refractivity contribution >= 4 is 15.9 Å². The Labute approximate surface area is 205 Å². The molecule has 0 fully saturated rings. The summed E-state index contributed by atoms with van der Waals surface area (Å²) in [5, 5.41) is 12.1. The van der Waals surface area contributed by atoms with E-state index in [-0.39, 0.29) is 28.6 Å². The number of nitrogens with two attached hydrogens (primary N) is 1. The van der Waals surface area contributed by atoms with Crippen molar-refractivity contribution in [3.05, 3.63) is 59.4 Å². The number of hydrogen-bond donors (Lipinski definition) is 2. The molecule has 1 aromatic carbocycles. The van der Waals surface area contributed by atoms with Gasteiger partial charge in [0.25, 0.3) is 11.8 Å². The molecule has 0 saturated heterocycles.